The summed E-state index contributed by atoms with van der Waals surface area (Å²) in [6.07, 6.45) is 2.75. The third-order valence-electron chi connectivity index (χ3n) is 3.01. The number of hydrogen-bond acceptors (Lipinski definition) is 3. The number of methoxy groups -OCH3 is 1. The maximum Gasteiger partial charge on any atom is 0.0820 e. The molecule has 2 atom stereocenters. The van der Waals surface area contributed by atoms with Crippen LogP contribution in [0.1, 0.15) is 31.9 Å². The van der Waals surface area contributed by atoms with E-state index < -0.39 is 0 Å². The Kier molecular flexibility index (Phi) is 5.95. The quantitative estimate of drug-likeness (QED) is 0.817. The summed E-state index contributed by atoms with van der Waals surface area (Å²) in [4.78, 5) is 0. The molecule has 0 aliphatic heterocycles. The zero-order valence-corrected chi connectivity index (χ0v) is 11.8. The minimum atomic E-state index is 0.379. The lowest BCUT2D eigenvalue weighted by atomic mass is 9.99. The molecule has 0 aromatic carbocycles. The number of nitrogens with zero attached hydrogens (tertiary/aromatic N) is 2. The predicted octanol–water partition coefficient (Wildman–Crippen LogP) is 2.28. The minimum Gasteiger partial charge on any atom is -0.383 e. The van der Waals surface area contributed by atoms with Crippen molar-refractivity contribution in [1.29, 1.82) is 0 Å². The molecule has 0 bridgehead atoms. The van der Waals surface area contributed by atoms with Crippen LogP contribution >= 0.6 is 11.6 Å². The van der Waals surface area contributed by atoms with Crippen molar-refractivity contribution >= 4 is 11.6 Å². The Bertz CT molecular complexity index is 340. The van der Waals surface area contributed by atoms with Crippen LogP contribution in [0.5, 0.6) is 0 Å². The summed E-state index contributed by atoms with van der Waals surface area (Å²) in [7, 11) is 3.67. The molecular formula is C12H22ClN3O. The third kappa shape index (κ3) is 3.98. The molecule has 2 unspecified atom stereocenters. The molecule has 5 heteroatoms. The topological polar surface area (TPSA) is 39.1 Å². The fourth-order valence-electron chi connectivity index (χ4n) is 1.98. The van der Waals surface area contributed by atoms with E-state index in [9.17, 15) is 0 Å². The average molecular weight is 260 g/mol. The van der Waals surface area contributed by atoms with Crippen LogP contribution in [0.2, 0.25) is 5.02 Å². The molecule has 0 spiro atoms. The van der Waals surface area contributed by atoms with Crippen LogP contribution in [0.4, 0.5) is 0 Å². The van der Waals surface area contributed by atoms with Gasteiger partial charge in [-0.2, -0.15) is 5.10 Å². The zero-order chi connectivity index (χ0) is 12.8. The summed E-state index contributed by atoms with van der Waals surface area (Å²) in [5, 5.41) is 8.28. The van der Waals surface area contributed by atoms with Crippen molar-refractivity contribution in [1.82, 2.24) is 15.1 Å². The first-order valence-corrected chi connectivity index (χ1v) is 6.35. The number of halogens is 1. The number of ether oxygens (including phenoxy) is 1. The largest absolute Gasteiger partial charge is 0.383 e. The van der Waals surface area contributed by atoms with Crippen LogP contribution in [0, 0.1) is 0 Å². The fourth-order valence-corrected chi connectivity index (χ4v) is 2.31. The second-order valence-electron chi connectivity index (χ2n) is 4.42. The minimum absolute atomic E-state index is 0.379. The molecular weight excluding hydrogens is 238 g/mol. The average Bonchev–Trinajstić information content (AvgIpc) is 2.67. The van der Waals surface area contributed by atoms with Gasteiger partial charge in [0.1, 0.15) is 0 Å². The van der Waals surface area contributed by atoms with Gasteiger partial charge in [0.2, 0.25) is 0 Å². The second kappa shape index (κ2) is 6.99. The molecule has 98 valence electrons. The first kappa shape index (κ1) is 14.5. The van der Waals surface area contributed by atoms with E-state index in [2.05, 4.69) is 24.3 Å². The summed E-state index contributed by atoms with van der Waals surface area (Å²) in [5.41, 5.74) is 1.10. The second-order valence-corrected chi connectivity index (χ2v) is 4.83. The maximum atomic E-state index is 6.20. The summed E-state index contributed by atoms with van der Waals surface area (Å²) in [6.45, 7) is 5.75. The Balaban J connectivity index is 2.76. The molecule has 0 radical (unpaired) electrons. The number of nitrogens with one attached hydrogen (secondary N) is 1. The molecule has 1 aromatic rings. The van der Waals surface area contributed by atoms with Crippen LogP contribution in [0.25, 0.3) is 0 Å². The van der Waals surface area contributed by atoms with Crippen molar-refractivity contribution < 1.29 is 4.74 Å². The molecule has 1 heterocycles. The van der Waals surface area contributed by atoms with Gasteiger partial charge in [0.15, 0.2) is 0 Å². The van der Waals surface area contributed by atoms with E-state index in [4.69, 9.17) is 16.3 Å². The number of hydrogen-bond donors (Lipinski definition) is 1. The molecule has 17 heavy (non-hydrogen) atoms. The molecule has 0 fully saturated rings. The van der Waals surface area contributed by atoms with E-state index in [1.165, 1.54) is 0 Å². The molecule has 0 saturated heterocycles. The Morgan fingerprint density at radius 1 is 1.53 bits per heavy atom. The van der Waals surface area contributed by atoms with Crippen LogP contribution in [0.15, 0.2) is 6.20 Å². The van der Waals surface area contributed by atoms with Gasteiger partial charge in [-0.3, -0.25) is 4.68 Å². The van der Waals surface area contributed by atoms with Crippen molar-refractivity contribution in [3.63, 3.8) is 0 Å². The summed E-state index contributed by atoms with van der Waals surface area (Å²) < 4.78 is 7.02. The van der Waals surface area contributed by atoms with E-state index in [-0.39, 0.29) is 0 Å². The Morgan fingerprint density at radius 2 is 2.24 bits per heavy atom. The van der Waals surface area contributed by atoms with Crippen molar-refractivity contribution in [2.24, 2.45) is 0 Å². The van der Waals surface area contributed by atoms with Crippen LogP contribution in [0.3, 0.4) is 0 Å². The monoisotopic (exact) mass is 259 g/mol. The molecule has 4 nitrogen and oxygen atoms in total. The summed E-state index contributed by atoms with van der Waals surface area (Å²) >= 11 is 6.20. The number of rotatable bonds is 7. The first-order chi connectivity index (χ1) is 8.10. The summed E-state index contributed by atoms with van der Waals surface area (Å²) in [6, 6.07) is 0.465. The van der Waals surface area contributed by atoms with Gasteiger partial charge in [0, 0.05) is 19.1 Å². The molecule has 1 aromatic heterocycles. The molecule has 0 saturated carbocycles. The van der Waals surface area contributed by atoms with E-state index in [1.807, 2.05) is 11.7 Å². The van der Waals surface area contributed by atoms with Crippen LogP contribution < -0.4 is 5.32 Å². The molecule has 0 aliphatic carbocycles. The van der Waals surface area contributed by atoms with Gasteiger partial charge >= 0.3 is 0 Å². The van der Waals surface area contributed by atoms with Crippen molar-refractivity contribution in [2.45, 2.75) is 38.8 Å². The standard InChI is InChI=1S/C12H22ClN3O/c1-9(7-10(2)14-3)12-11(13)8-15-16(12)5-6-17-4/h8-10,14H,5-7H2,1-4H3. The van der Waals surface area contributed by atoms with Gasteiger partial charge in [-0.1, -0.05) is 18.5 Å². The zero-order valence-electron chi connectivity index (χ0n) is 11.0. The highest BCUT2D eigenvalue weighted by Crippen LogP contribution is 2.27. The van der Waals surface area contributed by atoms with Gasteiger partial charge in [0.25, 0.3) is 0 Å². The molecule has 0 aliphatic rings. The van der Waals surface area contributed by atoms with Gasteiger partial charge in [-0.25, -0.2) is 0 Å². The Morgan fingerprint density at radius 3 is 2.82 bits per heavy atom. The van der Waals surface area contributed by atoms with Gasteiger partial charge in [-0.05, 0) is 20.4 Å². The van der Waals surface area contributed by atoms with Crippen LogP contribution in [-0.4, -0.2) is 36.6 Å². The molecule has 0 amide bonds. The highest BCUT2D eigenvalue weighted by molar-refractivity contribution is 6.31. The lowest BCUT2D eigenvalue weighted by molar-refractivity contribution is 0.182. The van der Waals surface area contributed by atoms with E-state index >= 15 is 0 Å². The van der Waals surface area contributed by atoms with E-state index in [1.54, 1.807) is 13.3 Å². The van der Waals surface area contributed by atoms with Crippen molar-refractivity contribution in [2.75, 3.05) is 20.8 Å². The lowest BCUT2D eigenvalue weighted by Gasteiger charge is -2.18. The lowest BCUT2D eigenvalue weighted by Crippen LogP contribution is -2.24. The molecule has 1 rings (SSSR count). The van der Waals surface area contributed by atoms with Gasteiger partial charge in [-0.15, -0.1) is 0 Å². The third-order valence-corrected chi connectivity index (χ3v) is 3.30. The van der Waals surface area contributed by atoms with Crippen LogP contribution in [-0.2, 0) is 11.3 Å². The smallest absolute Gasteiger partial charge is 0.0820 e. The molecule has 1 N–H and O–H groups in total. The summed E-state index contributed by atoms with van der Waals surface area (Å²) in [5.74, 6) is 0.379. The Hall–Kier alpha value is -0.580. The van der Waals surface area contributed by atoms with E-state index in [0.29, 0.717) is 18.6 Å². The van der Waals surface area contributed by atoms with Gasteiger partial charge < -0.3 is 10.1 Å². The Labute approximate surface area is 108 Å². The first-order valence-electron chi connectivity index (χ1n) is 5.97. The SMILES string of the molecule is CNC(C)CC(C)c1c(Cl)cnn1CCOC. The van der Waals surface area contributed by atoms with Gasteiger partial charge in [0.05, 0.1) is 30.1 Å². The van der Waals surface area contributed by atoms with Crippen molar-refractivity contribution in [3.8, 4) is 0 Å². The number of aromatic nitrogens is 2. The normalized spacial score (nSPS) is 14.9. The van der Waals surface area contributed by atoms with Crippen molar-refractivity contribution in [3.05, 3.63) is 16.9 Å². The predicted molar refractivity (Wildman–Crippen MR) is 70.7 cm³/mol. The van der Waals surface area contributed by atoms with E-state index in [0.717, 1.165) is 23.7 Å². The highest BCUT2D eigenvalue weighted by Gasteiger charge is 2.18. The fraction of sp³-hybridized carbons (Fsp3) is 0.750. The maximum absolute atomic E-state index is 6.20. The highest BCUT2D eigenvalue weighted by atomic mass is 35.5.